The number of hydrogen-bond donors (Lipinski definition) is 0. The van der Waals surface area contributed by atoms with E-state index < -0.39 is 0 Å². The largest absolute Gasteiger partial charge is 0.297 e. The van der Waals surface area contributed by atoms with Crippen molar-refractivity contribution in [2.75, 3.05) is 26.2 Å². The Bertz CT molecular complexity index is 566. The Balaban J connectivity index is 1.52. The number of hydrogen-bond acceptors (Lipinski definition) is 2. The van der Waals surface area contributed by atoms with Crippen LogP contribution in [0.1, 0.15) is 11.1 Å². The molecule has 22 heavy (non-hydrogen) atoms. The summed E-state index contributed by atoms with van der Waals surface area (Å²) in [6.07, 6.45) is 0. The van der Waals surface area contributed by atoms with Gasteiger partial charge in [0.1, 0.15) is 0 Å². The molecule has 2 nitrogen and oxygen atoms in total. The molecule has 0 N–H and O–H groups in total. The molecule has 1 saturated heterocycles. The van der Waals surface area contributed by atoms with Crippen LogP contribution in [0.3, 0.4) is 0 Å². The van der Waals surface area contributed by atoms with E-state index in [1.165, 1.54) is 20.1 Å². The summed E-state index contributed by atoms with van der Waals surface area (Å²) >= 11 is 7.29. The zero-order valence-electron chi connectivity index (χ0n) is 12.5. The summed E-state index contributed by atoms with van der Waals surface area (Å²) in [7, 11) is 0. The van der Waals surface area contributed by atoms with E-state index in [1.54, 1.807) is 0 Å². The molecule has 2 aromatic carbocycles. The Hall–Kier alpha value is -0.680. The Morgan fingerprint density at radius 1 is 0.636 bits per heavy atom. The van der Waals surface area contributed by atoms with Crippen molar-refractivity contribution < 1.29 is 0 Å². The lowest BCUT2D eigenvalue weighted by molar-refractivity contribution is 0.121. The van der Waals surface area contributed by atoms with E-state index in [2.05, 4.69) is 90.2 Å². The lowest BCUT2D eigenvalue weighted by atomic mass is 10.1. The summed E-state index contributed by atoms with van der Waals surface area (Å²) in [5.41, 5.74) is 2.75. The van der Waals surface area contributed by atoms with Crippen LogP contribution >= 0.6 is 31.9 Å². The van der Waals surface area contributed by atoms with Crippen molar-refractivity contribution in [3.05, 3.63) is 68.6 Å². The molecule has 2 aromatic rings. The topological polar surface area (TPSA) is 6.48 Å². The number of piperazine rings is 1. The lowest BCUT2D eigenvalue weighted by Crippen LogP contribution is -2.45. The smallest absolute Gasteiger partial charge is 0.0246 e. The molecule has 1 aliphatic rings. The molecule has 0 unspecified atom stereocenters. The van der Waals surface area contributed by atoms with E-state index in [0.717, 1.165) is 39.3 Å². The summed E-state index contributed by atoms with van der Waals surface area (Å²) in [4.78, 5) is 5.08. The fourth-order valence-corrected chi connectivity index (χ4v) is 3.66. The van der Waals surface area contributed by atoms with E-state index in [-0.39, 0.29) is 0 Å². The first-order valence-corrected chi connectivity index (χ1v) is 9.22. The molecule has 0 saturated carbocycles. The Morgan fingerprint density at radius 2 is 1.00 bits per heavy atom. The summed E-state index contributed by atoms with van der Waals surface area (Å²) < 4.78 is 2.43. The predicted molar refractivity (Wildman–Crippen MR) is 98.8 cm³/mol. The van der Waals surface area contributed by atoms with Crippen molar-refractivity contribution in [1.29, 1.82) is 0 Å². The normalized spacial score (nSPS) is 16.8. The van der Waals surface area contributed by atoms with Gasteiger partial charge in [-0.25, -0.2) is 0 Å². The van der Waals surface area contributed by atoms with Crippen LogP contribution in [0.15, 0.2) is 57.5 Å². The molecule has 0 atom stereocenters. The highest BCUT2D eigenvalue weighted by Crippen LogP contribution is 2.21. The molecule has 0 aliphatic carbocycles. The third-order valence-corrected chi connectivity index (χ3v) is 5.72. The average molecular weight is 424 g/mol. The minimum Gasteiger partial charge on any atom is -0.297 e. The Labute approximate surface area is 149 Å². The average Bonchev–Trinajstić information content (AvgIpc) is 2.54. The molecule has 0 amide bonds. The van der Waals surface area contributed by atoms with Crippen LogP contribution < -0.4 is 0 Å². The van der Waals surface area contributed by atoms with Crippen LogP contribution in [-0.2, 0) is 13.1 Å². The highest BCUT2D eigenvalue weighted by molar-refractivity contribution is 9.10. The molecule has 4 heteroatoms. The minimum atomic E-state index is 1.03. The minimum absolute atomic E-state index is 1.03. The molecule has 1 aliphatic heterocycles. The third kappa shape index (κ3) is 4.19. The summed E-state index contributed by atoms with van der Waals surface area (Å²) in [5.74, 6) is 0. The van der Waals surface area contributed by atoms with Gasteiger partial charge in [0.15, 0.2) is 0 Å². The van der Waals surface area contributed by atoms with Crippen LogP contribution in [0.25, 0.3) is 0 Å². The van der Waals surface area contributed by atoms with E-state index in [1.807, 2.05) is 0 Å². The van der Waals surface area contributed by atoms with E-state index in [0.29, 0.717) is 0 Å². The third-order valence-electron chi connectivity index (χ3n) is 4.17. The molecular formula is C18H20Br2N2. The molecule has 0 radical (unpaired) electrons. The number of benzene rings is 2. The molecule has 0 spiro atoms. The van der Waals surface area contributed by atoms with E-state index in [4.69, 9.17) is 0 Å². The van der Waals surface area contributed by atoms with Gasteiger partial charge in [0.2, 0.25) is 0 Å². The van der Waals surface area contributed by atoms with Gasteiger partial charge in [-0.1, -0.05) is 68.3 Å². The maximum Gasteiger partial charge on any atom is 0.0246 e. The van der Waals surface area contributed by atoms with Gasteiger partial charge >= 0.3 is 0 Å². The predicted octanol–water partition coefficient (Wildman–Crippen LogP) is 4.53. The van der Waals surface area contributed by atoms with Gasteiger partial charge in [0, 0.05) is 48.2 Å². The van der Waals surface area contributed by atoms with Crippen molar-refractivity contribution >= 4 is 31.9 Å². The second-order valence-corrected chi connectivity index (χ2v) is 7.44. The van der Waals surface area contributed by atoms with Crippen molar-refractivity contribution in [3.8, 4) is 0 Å². The van der Waals surface area contributed by atoms with Crippen molar-refractivity contribution in [2.24, 2.45) is 0 Å². The summed E-state index contributed by atoms with van der Waals surface area (Å²) in [5, 5.41) is 0. The van der Waals surface area contributed by atoms with Crippen LogP contribution in [0.4, 0.5) is 0 Å². The maximum atomic E-state index is 3.64. The van der Waals surface area contributed by atoms with Crippen LogP contribution in [-0.4, -0.2) is 36.0 Å². The Kier molecular flexibility index (Phi) is 5.69. The SMILES string of the molecule is Brc1ccccc1CN1CCN(Cc2ccccc2Br)CC1. The van der Waals surface area contributed by atoms with E-state index >= 15 is 0 Å². The highest BCUT2D eigenvalue weighted by atomic mass is 79.9. The summed E-state index contributed by atoms with van der Waals surface area (Å²) in [6.45, 7) is 6.59. The second kappa shape index (κ2) is 7.73. The lowest BCUT2D eigenvalue weighted by Gasteiger charge is -2.35. The highest BCUT2D eigenvalue weighted by Gasteiger charge is 2.18. The Morgan fingerprint density at radius 3 is 1.36 bits per heavy atom. The monoisotopic (exact) mass is 422 g/mol. The first-order chi connectivity index (χ1) is 10.7. The van der Waals surface area contributed by atoms with Gasteiger partial charge in [-0.05, 0) is 23.3 Å². The van der Waals surface area contributed by atoms with Crippen molar-refractivity contribution in [2.45, 2.75) is 13.1 Å². The molecule has 116 valence electrons. The van der Waals surface area contributed by atoms with Crippen LogP contribution in [0.2, 0.25) is 0 Å². The van der Waals surface area contributed by atoms with Gasteiger partial charge in [-0.3, -0.25) is 9.80 Å². The number of halogens is 2. The van der Waals surface area contributed by atoms with Crippen molar-refractivity contribution in [3.63, 3.8) is 0 Å². The first kappa shape index (κ1) is 16.2. The van der Waals surface area contributed by atoms with Gasteiger partial charge < -0.3 is 0 Å². The first-order valence-electron chi connectivity index (χ1n) is 7.64. The van der Waals surface area contributed by atoms with Gasteiger partial charge in [0.25, 0.3) is 0 Å². The molecule has 1 heterocycles. The van der Waals surface area contributed by atoms with Gasteiger partial charge in [-0.15, -0.1) is 0 Å². The summed E-state index contributed by atoms with van der Waals surface area (Å²) in [6, 6.07) is 17.0. The molecular weight excluding hydrogens is 404 g/mol. The van der Waals surface area contributed by atoms with E-state index in [9.17, 15) is 0 Å². The molecule has 0 aromatic heterocycles. The van der Waals surface area contributed by atoms with Gasteiger partial charge in [-0.2, -0.15) is 0 Å². The quantitative estimate of drug-likeness (QED) is 0.712. The second-order valence-electron chi connectivity index (χ2n) is 5.74. The molecule has 1 fully saturated rings. The van der Waals surface area contributed by atoms with Crippen LogP contribution in [0, 0.1) is 0 Å². The zero-order chi connectivity index (χ0) is 15.4. The standard InChI is InChI=1S/C18H20Br2N2/c19-17-7-3-1-5-15(17)13-21-9-11-22(12-10-21)14-16-6-2-4-8-18(16)20/h1-8H,9-14H2. The number of nitrogens with zero attached hydrogens (tertiary/aromatic N) is 2. The molecule has 0 bridgehead atoms. The fraction of sp³-hybridized carbons (Fsp3) is 0.333. The zero-order valence-corrected chi connectivity index (χ0v) is 15.7. The molecule has 3 rings (SSSR count). The van der Waals surface area contributed by atoms with Gasteiger partial charge in [0.05, 0.1) is 0 Å². The number of rotatable bonds is 4. The maximum absolute atomic E-state index is 3.64. The fourth-order valence-electron chi connectivity index (χ4n) is 2.84. The van der Waals surface area contributed by atoms with Crippen molar-refractivity contribution in [1.82, 2.24) is 9.80 Å². The van der Waals surface area contributed by atoms with Crippen LogP contribution in [0.5, 0.6) is 0 Å².